The molecule has 0 spiro atoms. The number of rotatable bonds is 7. The second-order valence-corrected chi connectivity index (χ2v) is 8.18. The molecule has 0 saturated carbocycles. The van der Waals surface area contributed by atoms with E-state index in [4.69, 9.17) is 21.7 Å². The van der Waals surface area contributed by atoms with Crippen LogP contribution in [0.5, 0.6) is 5.75 Å². The van der Waals surface area contributed by atoms with Gasteiger partial charge in [-0.05, 0) is 62.0 Å². The third-order valence-corrected chi connectivity index (χ3v) is 6.00. The van der Waals surface area contributed by atoms with Crippen molar-refractivity contribution in [3.63, 3.8) is 0 Å². The third-order valence-electron chi connectivity index (χ3n) is 5.64. The highest BCUT2D eigenvalue weighted by atomic mass is 32.1. The smallest absolute Gasteiger partial charge is 0.257 e. The molecule has 3 rings (SSSR count). The van der Waals surface area contributed by atoms with E-state index in [1.807, 2.05) is 28.9 Å². The first-order valence-corrected chi connectivity index (χ1v) is 11.2. The molecular formula is C24H30FN3O3S. The van der Waals surface area contributed by atoms with Gasteiger partial charge < -0.3 is 24.6 Å². The second-order valence-electron chi connectivity index (χ2n) is 7.79. The van der Waals surface area contributed by atoms with Gasteiger partial charge in [0.15, 0.2) is 5.11 Å². The molecule has 1 N–H and O–H groups in total. The average Bonchev–Trinajstić information content (AvgIpc) is 2.83. The summed E-state index contributed by atoms with van der Waals surface area (Å²) in [5.41, 5.74) is 1.27. The minimum Gasteiger partial charge on any atom is -0.496 e. The predicted molar refractivity (Wildman–Crippen MR) is 128 cm³/mol. The van der Waals surface area contributed by atoms with Crippen LogP contribution in [0.4, 0.5) is 10.1 Å². The molecule has 0 aliphatic carbocycles. The van der Waals surface area contributed by atoms with Crippen LogP contribution in [0.3, 0.4) is 0 Å². The Balaban J connectivity index is 1.69. The Morgan fingerprint density at radius 1 is 1.31 bits per heavy atom. The van der Waals surface area contributed by atoms with Gasteiger partial charge in [0.2, 0.25) is 0 Å². The highest BCUT2D eigenvalue weighted by Gasteiger charge is 2.29. The van der Waals surface area contributed by atoms with Crippen LogP contribution in [0, 0.1) is 5.82 Å². The zero-order valence-electron chi connectivity index (χ0n) is 18.7. The van der Waals surface area contributed by atoms with Gasteiger partial charge in [0.05, 0.1) is 25.4 Å². The lowest BCUT2D eigenvalue weighted by molar-refractivity contribution is -0.0251. The molecule has 1 amide bonds. The zero-order chi connectivity index (χ0) is 23.1. The van der Waals surface area contributed by atoms with Gasteiger partial charge in [-0.2, -0.15) is 0 Å². The maximum atomic E-state index is 13.4. The number of morpholine rings is 1. The van der Waals surface area contributed by atoms with Crippen LogP contribution in [-0.2, 0) is 4.74 Å². The maximum Gasteiger partial charge on any atom is 0.257 e. The summed E-state index contributed by atoms with van der Waals surface area (Å²) in [6.45, 7) is 6.25. The fourth-order valence-electron chi connectivity index (χ4n) is 3.63. The monoisotopic (exact) mass is 459 g/mol. The minimum absolute atomic E-state index is 0.0377. The van der Waals surface area contributed by atoms with Crippen LogP contribution in [-0.4, -0.2) is 66.3 Å². The molecule has 1 aliphatic heterocycles. The topological polar surface area (TPSA) is 54.0 Å². The zero-order valence-corrected chi connectivity index (χ0v) is 19.5. The summed E-state index contributed by atoms with van der Waals surface area (Å²) < 4.78 is 24.5. The SMILES string of the molecule is CCC(C)N(CC1CN(C(=S)Nc2ccc(F)cc2)CCO1)C(=O)c1ccccc1OC. The molecule has 1 aliphatic rings. The summed E-state index contributed by atoms with van der Waals surface area (Å²) in [7, 11) is 1.57. The van der Waals surface area contributed by atoms with Gasteiger partial charge in [0, 0.05) is 31.4 Å². The number of halogens is 1. The first kappa shape index (κ1) is 23.9. The minimum atomic E-state index is -0.294. The Bertz CT molecular complexity index is 925. The number of ether oxygens (including phenoxy) is 2. The lowest BCUT2D eigenvalue weighted by Gasteiger charge is -2.38. The van der Waals surface area contributed by atoms with Crippen LogP contribution in [0.25, 0.3) is 0 Å². The van der Waals surface area contributed by atoms with Crippen molar-refractivity contribution in [2.45, 2.75) is 32.4 Å². The molecule has 172 valence electrons. The Morgan fingerprint density at radius 3 is 2.72 bits per heavy atom. The van der Waals surface area contributed by atoms with E-state index in [1.54, 1.807) is 31.4 Å². The number of thiocarbonyl (C=S) groups is 1. The predicted octanol–water partition coefficient (Wildman–Crippen LogP) is 4.17. The highest BCUT2D eigenvalue weighted by molar-refractivity contribution is 7.80. The van der Waals surface area contributed by atoms with Crippen molar-refractivity contribution in [2.75, 3.05) is 38.7 Å². The van der Waals surface area contributed by atoms with Gasteiger partial charge in [-0.1, -0.05) is 19.1 Å². The largest absolute Gasteiger partial charge is 0.496 e. The standard InChI is InChI=1S/C24H30FN3O3S/c1-4-17(2)28(23(29)21-7-5-6-8-22(21)30-3)16-20-15-27(13-14-31-20)24(32)26-19-11-9-18(25)10-12-19/h5-12,17,20H,4,13-16H2,1-3H3,(H,26,32). The van der Waals surface area contributed by atoms with E-state index in [0.29, 0.717) is 42.7 Å². The maximum absolute atomic E-state index is 13.4. The molecule has 1 saturated heterocycles. The van der Waals surface area contributed by atoms with Crippen LogP contribution < -0.4 is 10.1 Å². The Labute approximate surface area is 194 Å². The molecule has 2 aromatic carbocycles. The van der Waals surface area contributed by atoms with Gasteiger partial charge >= 0.3 is 0 Å². The van der Waals surface area contributed by atoms with Gasteiger partial charge in [-0.15, -0.1) is 0 Å². The quantitative estimate of drug-likeness (QED) is 0.627. The van der Waals surface area contributed by atoms with Crippen molar-refractivity contribution in [3.05, 3.63) is 59.9 Å². The van der Waals surface area contributed by atoms with Crippen molar-refractivity contribution in [2.24, 2.45) is 0 Å². The number of hydrogen-bond acceptors (Lipinski definition) is 4. The summed E-state index contributed by atoms with van der Waals surface area (Å²) in [5, 5.41) is 3.70. The molecule has 8 heteroatoms. The number of carbonyl (C=O) groups excluding carboxylic acids is 1. The number of nitrogens with zero attached hydrogens (tertiary/aromatic N) is 2. The molecule has 2 unspecified atom stereocenters. The molecule has 0 radical (unpaired) electrons. The van der Waals surface area contributed by atoms with Crippen LogP contribution in [0.1, 0.15) is 30.6 Å². The van der Waals surface area contributed by atoms with E-state index in [0.717, 1.165) is 12.1 Å². The fraction of sp³-hybridized carbons (Fsp3) is 0.417. The number of anilines is 1. The highest BCUT2D eigenvalue weighted by Crippen LogP contribution is 2.22. The number of para-hydroxylation sites is 1. The lowest BCUT2D eigenvalue weighted by atomic mass is 10.1. The van der Waals surface area contributed by atoms with Crippen LogP contribution in [0.15, 0.2) is 48.5 Å². The van der Waals surface area contributed by atoms with Gasteiger partial charge in [-0.25, -0.2) is 4.39 Å². The summed E-state index contributed by atoms with van der Waals surface area (Å²) in [5.74, 6) is 0.184. The summed E-state index contributed by atoms with van der Waals surface area (Å²) in [6, 6.07) is 13.4. The third kappa shape index (κ3) is 5.95. The Kier molecular flexibility index (Phi) is 8.41. The Morgan fingerprint density at radius 2 is 2.03 bits per heavy atom. The normalized spacial score (nSPS) is 16.9. The van der Waals surface area contributed by atoms with E-state index in [-0.39, 0.29) is 23.9 Å². The van der Waals surface area contributed by atoms with Crippen molar-refractivity contribution in [3.8, 4) is 5.75 Å². The molecule has 0 bridgehead atoms. The van der Waals surface area contributed by atoms with E-state index in [9.17, 15) is 9.18 Å². The number of hydrogen-bond donors (Lipinski definition) is 1. The van der Waals surface area contributed by atoms with Gasteiger partial charge in [-0.3, -0.25) is 4.79 Å². The van der Waals surface area contributed by atoms with Crippen molar-refractivity contribution in [1.29, 1.82) is 0 Å². The van der Waals surface area contributed by atoms with Crippen LogP contribution >= 0.6 is 12.2 Å². The number of methoxy groups -OCH3 is 1. The average molecular weight is 460 g/mol. The molecule has 2 atom stereocenters. The van der Waals surface area contributed by atoms with Crippen molar-refractivity contribution in [1.82, 2.24) is 9.80 Å². The van der Waals surface area contributed by atoms with Crippen molar-refractivity contribution >= 4 is 28.9 Å². The number of amides is 1. The number of benzene rings is 2. The molecule has 1 heterocycles. The molecule has 0 aromatic heterocycles. The lowest BCUT2D eigenvalue weighted by Crippen LogP contribution is -2.53. The van der Waals surface area contributed by atoms with Crippen LogP contribution in [0.2, 0.25) is 0 Å². The molecular weight excluding hydrogens is 429 g/mol. The van der Waals surface area contributed by atoms with E-state index in [1.165, 1.54) is 12.1 Å². The summed E-state index contributed by atoms with van der Waals surface area (Å²) >= 11 is 5.56. The fourth-order valence-corrected chi connectivity index (χ4v) is 3.91. The van der Waals surface area contributed by atoms with Crippen molar-refractivity contribution < 1.29 is 18.7 Å². The first-order valence-electron chi connectivity index (χ1n) is 10.8. The summed E-state index contributed by atoms with van der Waals surface area (Å²) in [4.78, 5) is 17.3. The Hall–Kier alpha value is -2.71. The number of nitrogens with one attached hydrogen (secondary N) is 1. The van der Waals surface area contributed by atoms with E-state index >= 15 is 0 Å². The number of carbonyl (C=O) groups is 1. The van der Waals surface area contributed by atoms with E-state index < -0.39 is 0 Å². The first-order chi connectivity index (χ1) is 15.4. The van der Waals surface area contributed by atoms with E-state index in [2.05, 4.69) is 12.2 Å². The van der Waals surface area contributed by atoms with Gasteiger partial charge in [0.25, 0.3) is 5.91 Å². The van der Waals surface area contributed by atoms with Gasteiger partial charge in [0.1, 0.15) is 11.6 Å². The molecule has 6 nitrogen and oxygen atoms in total. The molecule has 1 fully saturated rings. The second kappa shape index (κ2) is 11.2. The molecule has 32 heavy (non-hydrogen) atoms. The molecule has 2 aromatic rings. The summed E-state index contributed by atoms with van der Waals surface area (Å²) in [6.07, 6.45) is 0.631.